The number of rotatable bonds is 13. The number of hydrogen-bond donors (Lipinski definition) is 14. The average molecular weight is 1480 g/mol. The van der Waals surface area contributed by atoms with E-state index in [0.29, 0.717) is 91.4 Å². The number of likely N-dealkylation sites (tertiary alicyclic amines) is 1. The van der Waals surface area contributed by atoms with Gasteiger partial charge in [0, 0.05) is 28.3 Å². The molecule has 20 rings (SSSR count). The van der Waals surface area contributed by atoms with Crippen LogP contribution in [0.5, 0.6) is 0 Å². The first kappa shape index (κ1) is 80.1. The van der Waals surface area contributed by atoms with Gasteiger partial charge >= 0.3 is 87.6 Å². The first-order chi connectivity index (χ1) is 47.1. The molecule has 28 heteroatoms. The number of aliphatic carboxylic acids is 3. The topological polar surface area (TPSA) is 452 Å². The van der Waals surface area contributed by atoms with Crippen LogP contribution in [0.4, 0.5) is 14.4 Å². The third-order valence-electron chi connectivity index (χ3n) is 26.7. The molecule has 574 valence electrons. The van der Waals surface area contributed by atoms with Crippen LogP contribution in [0.15, 0.2) is 0 Å². The fourth-order valence-corrected chi connectivity index (χ4v) is 25.2. The van der Waals surface area contributed by atoms with Gasteiger partial charge in [-0.1, -0.05) is 0 Å². The number of fused-ring (bicyclic) bond motifs is 2. The van der Waals surface area contributed by atoms with E-state index in [-0.39, 0.29) is 82.1 Å². The van der Waals surface area contributed by atoms with E-state index in [1.54, 1.807) is 67.2 Å². The van der Waals surface area contributed by atoms with E-state index in [4.69, 9.17) is 36.5 Å². The molecule has 2 heterocycles. The van der Waals surface area contributed by atoms with E-state index in [9.17, 15) is 73.8 Å². The van der Waals surface area contributed by atoms with Gasteiger partial charge in [0.15, 0.2) is 0 Å². The maximum Gasteiger partial charge on any atom is 1.00 e. The molecule has 17 N–H and O–H groups in total. The van der Waals surface area contributed by atoms with Crippen LogP contribution in [0, 0.1) is 80.8 Å². The summed E-state index contributed by atoms with van der Waals surface area (Å²) in [5.74, 6) is 0.364. The second-order valence-electron chi connectivity index (χ2n) is 39.3. The van der Waals surface area contributed by atoms with Gasteiger partial charge in [0.2, 0.25) is 17.7 Å². The Morgan fingerprint density at radius 1 is 0.427 bits per heavy atom. The van der Waals surface area contributed by atoms with Crippen molar-refractivity contribution in [2.24, 2.45) is 98.0 Å². The molecule has 0 radical (unpaired) electrons. The van der Waals surface area contributed by atoms with E-state index in [1.807, 2.05) is 0 Å². The number of alkyl carbamates (subject to hydrolysis) is 3. The summed E-state index contributed by atoms with van der Waals surface area (Å²) >= 11 is 0. The number of amides is 6. The van der Waals surface area contributed by atoms with E-state index in [2.05, 4.69) is 21.3 Å². The van der Waals surface area contributed by atoms with Crippen LogP contribution >= 0.6 is 0 Å². The third-order valence-corrected chi connectivity index (χ3v) is 26.7. The summed E-state index contributed by atoms with van der Waals surface area (Å²) in [6.45, 7) is 15.8. The number of hydrogen-bond acceptors (Lipinski definition) is 18. The quantitative estimate of drug-likeness (QED) is 0.0928. The first-order valence-electron chi connectivity index (χ1n) is 38.1. The Morgan fingerprint density at radius 3 is 1.00 bits per heavy atom. The zero-order valence-electron chi connectivity index (χ0n) is 63.4. The summed E-state index contributed by atoms with van der Waals surface area (Å²) in [4.78, 5) is 110. The number of carbonyl (C=O) groups excluding carboxylic acids is 6. The molecule has 0 aromatic carbocycles. The normalized spacial score (nSPS) is 42.9. The Labute approximate surface area is 648 Å². The van der Waals surface area contributed by atoms with Gasteiger partial charge in [0.25, 0.3) is 0 Å². The van der Waals surface area contributed by atoms with Crippen LogP contribution in [-0.4, -0.2) is 182 Å². The second-order valence-corrected chi connectivity index (χ2v) is 39.3. The number of ether oxygens (including phenoxy) is 3. The number of nitrogens with two attached hydrogens (primary N) is 3. The van der Waals surface area contributed by atoms with Crippen molar-refractivity contribution in [3.8, 4) is 0 Å². The van der Waals surface area contributed by atoms with Crippen LogP contribution < -0.4 is 89.9 Å². The second kappa shape index (κ2) is 28.2. The van der Waals surface area contributed by atoms with Crippen molar-refractivity contribution in [3.05, 3.63) is 0 Å². The molecular weight excluding hydrogens is 1360 g/mol. The van der Waals surface area contributed by atoms with Crippen molar-refractivity contribution in [2.75, 3.05) is 0 Å². The molecular formula is C75H119KN8O19. The van der Waals surface area contributed by atoms with Crippen molar-refractivity contribution >= 4 is 53.9 Å². The van der Waals surface area contributed by atoms with E-state index >= 15 is 0 Å². The Morgan fingerprint density at radius 2 is 0.738 bits per heavy atom. The fourth-order valence-electron chi connectivity index (χ4n) is 25.2. The molecule has 2 aliphatic heterocycles. The molecule has 18 atom stereocenters. The molecule has 0 aromatic rings. The van der Waals surface area contributed by atoms with Gasteiger partial charge in [-0.15, -0.1) is 0 Å². The molecule has 103 heavy (non-hydrogen) atoms. The molecule has 6 amide bonds. The molecule has 18 saturated carbocycles. The summed E-state index contributed by atoms with van der Waals surface area (Å²) in [7, 11) is 0. The van der Waals surface area contributed by atoms with Crippen LogP contribution in [0.2, 0.25) is 0 Å². The third kappa shape index (κ3) is 17.5. The van der Waals surface area contributed by atoms with Gasteiger partial charge in [-0.2, -0.15) is 0 Å². The first-order valence-corrected chi connectivity index (χ1v) is 38.1. The van der Waals surface area contributed by atoms with Crippen molar-refractivity contribution < 1.29 is 146 Å². The zero-order chi connectivity index (χ0) is 74.4. The molecule has 20 aliphatic rings. The number of carboxylic acids is 3. The van der Waals surface area contributed by atoms with Crippen molar-refractivity contribution in [1.29, 1.82) is 0 Å². The average Bonchev–Trinajstić information content (AvgIpc) is 0.937. The van der Waals surface area contributed by atoms with Crippen molar-refractivity contribution in [3.63, 3.8) is 0 Å². The summed E-state index contributed by atoms with van der Waals surface area (Å²) in [5.41, 5.74) is 9.69. The standard InChI is InChI=1S/C23H35N3O5.2C17H27NO5.C12H19NO3.C6H10N2O.K.H/c1-21(2,3)31-20(29)25-17(19(28)26-15-5-14(15)6-16(26)18(24)27)22-7-12-4-13(8-22)10-23(30,9-12)11-22;2*1-15(2,3)23-14(21)18-12(13(19)20)16-5-10-4-11(6-16)8-17(22,7-10)9-16;13-9(10(14)15)11-2-7-1-8(3-11)5-12(16,4-7)6-11;7-6(9)5-2-3-1-4(3)8-5;;/h12-17,30H,4-11H2,1-3H3,(H2,24,27)(H,25,29);2*10-12,22H,4-9H2,1-3H3,(H,18,21)(H,19,20);7-9,16H,1-6,13H2,(H,14,15);3-5,8H,1-2H2,(H2,7,9);;/q;;;;;+1;-1/t12?,13?,14-,15-,16-,17+,22?,23?;2*10?,11?,12-,16?,17?;7?,8?,9-,11?,12?;3-,4-,5-;;/m01110../s1. The molecule has 0 aromatic heterocycles. The van der Waals surface area contributed by atoms with Crippen LogP contribution in [0.3, 0.4) is 0 Å². The van der Waals surface area contributed by atoms with Gasteiger partial charge in [-0.3, -0.25) is 19.2 Å². The van der Waals surface area contributed by atoms with Crippen LogP contribution in [-0.2, 0) is 43.0 Å². The minimum absolute atomic E-state index is 0. The van der Waals surface area contributed by atoms with Gasteiger partial charge in [0.1, 0.15) is 47.0 Å². The van der Waals surface area contributed by atoms with E-state index in [0.717, 1.165) is 147 Å². The van der Waals surface area contributed by atoms with Gasteiger partial charge in [-0.25, -0.2) is 24.0 Å². The minimum Gasteiger partial charge on any atom is -1.00 e. The number of primary amides is 2. The number of carboxylic acid groups (broad SMARTS) is 3. The molecule has 2 saturated heterocycles. The predicted octanol–water partition coefficient (Wildman–Crippen LogP) is 3.35. The zero-order valence-corrected chi connectivity index (χ0v) is 65.5. The summed E-state index contributed by atoms with van der Waals surface area (Å²) in [6.07, 6.45) is 20.9. The molecule has 27 nitrogen and oxygen atoms in total. The summed E-state index contributed by atoms with van der Waals surface area (Å²) < 4.78 is 16.0. The molecule has 16 bridgehead atoms. The van der Waals surface area contributed by atoms with Gasteiger partial charge in [0.05, 0.1) is 28.4 Å². The van der Waals surface area contributed by atoms with Crippen LogP contribution in [0.25, 0.3) is 0 Å². The molecule has 0 spiro atoms. The summed E-state index contributed by atoms with van der Waals surface area (Å²) in [6, 6.07) is -3.60. The minimum atomic E-state index is -1.04. The fraction of sp³-hybridized carbons (Fsp3) is 0.880. The SMILES string of the molecule is CC(C)(C)OC(=O)N[C@H](C(=O)N1[C@H](C(N)=O)C[C@@H]2C[C@@H]21)C12CC3CC(CC(O)(C3)C1)C2.CC(C)(C)OC(=O)N[C@H](C(=O)O)C12CC3CC(CC(O)(C3)C1)C2.CC(C)(C)OC(=O)N[C@H](C(=O)O)C12CC3CC(CC(O)(C3)C1)C2.NC(=O)[C@@H]1C[C@@H]2C[C@@H]2N1.N[C@H](C(=O)O)C12CC3CC(CC(O)(C3)C1)C2.[H-].[K+]. The largest absolute Gasteiger partial charge is 1.00 e. The molecule has 20 fully saturated rings. The van der Waals surface area contributed by atoms with Gasteiger partial charge in [-0.05, 0) is 307 Å². The van der Waals surface area contributed by atoms with Crippen molar-refractivity contribution in [2.45, 2.75) is 330 Å². The monoisotopic (exact) mass is 1470 g/mol. The number of nitrogens with one attached hydrogen (secondary N) is 4. The number of carbonyl (C=O) groups is 9. The number of piperidine rings is 2. The molecule has 8 unspecified atom stereocenters. The van der Waals surface area contributed by atoms with Gasteiger partial charge < -0.3 is 94.8 Å². The predicted molar refractivity (Wildman–Crippen MR) is 369 cm³/mol. The Balaban J connectivity index is 0.000000144. The van der Waals surface area contributed by atoms with Crippen LogP contribution in [0.1, 0.15) is 244 Å². The maximum atomic E-state index is 14.0. The van der Waals surface area contributed by atoms with E-state index in [1.165, 1.54) is 6.42 Å². The Bertz CT molecular complexity index is 3160. The summed E-state index contributed by atoms with van der Waals surface area (Å²) in [5, 5.41) is 83.0. The molecule has 18 aliphatic carbocycles. The number of aliphatic hydroxyl groups is 4. The number of nitrogens with zero attached hydrogens (tertiary/aromatic N) is 1. The Kier molecular flexibility index (Phi) is 21.9. The van der Waals surface area contributed by atoms with E-state index < -0.39 is 128 Å². The smallest absolute Gasteiger partial charge is 1.00 e. The maximum absolute atomic E-state index is 14.0. The Hall–Kier alpha value is -3.97. The van der Waals surface area contributed by atoms with Crippen molar-refractivity contribution in [1.82, 2.24) is 26.2 Å².